The number of rotatable bonds is 3. The van der Waals surface area contributed by atoms with Gasteiger partial charge in [-0.15, -0.1) is 0 Å². The molecule has 3 amide bonds. The molecule has 1 aliphatic heterocycles. The van der Waals surface area contributed by atoms with Crippen molar-refractivity contribution in [2.75, 3.05) is 17.7 Å². The number of cyclic esters (lactones) is 1. The number of halogens is 2. The Morgan fingerprint density at radius 2 is 1.93 bits per heavy atom. The van der Waals surface area contributed by atoms with Gasteiger partial charge in [-0.05, 0) is 62.7 Å². The Morgan fingerprint density at radius 1 is 1.21 bits per heavy atom. The van der Waals surface area contributed by atoms with Gasteiger partial charge in [0.1, 0.15) is 17.5 Å². The van der Waals surface area contributed by atoms with Crippen molar-refractivity contribution in [1.82, 2.24) is 4.90 Å². The van der Waals surface area contributed by atoms with Gasteiger partial charge in [0.2, 0.25) is 0 Å². The number of nitrogens with one attached hydrogen (secondary N) is 2. The summed E-state index contributed by atoms with van der Waals surface area (Å²) >= 11 is 5.92. The van der Waals surface area contributed by atoms with Crippen molar-refractivity contribution in [3.05, 3.63) is 58.4 Å². The first kappa shape index (κ1) is 19.9. The van der Waals surface area contributed by atoms with Crippen molar-refractivity contribution in [1.29, 1.82) is 0 Å². The van der Waals surface area contributed by atoms with E-state index in [1.165, 1.54) is 23.1 Å². The average molecular weight is 406 g/mol. The fourth-order valence-electron chi connectivity index (χ4n) is 3.39. The first-order valence-electron chi connectivity index (χ1n) is 8.68. The van der Waals surface area contributed by atoms with Crippen LogP contribution in [-0.4, -0.2) is 29.7 Å². The van der Waals surface area contributed by atoms with Gasteiger partial charge in [0.15, 0.2) is 0 Å². The molecular weight excluding hydrogens is 385 g/mol. The lowest BCUT2D eigenvalue weighted by Gasteiger charge is -2.28. The largest absolute Gasteiger partial charge is 0.441 e. The number of anilines is 2. The van der Waals surface area contributed by atoms with E-state index in [1.807, 2.05) is 6.92 Å². The zero-order valence-electron chi connectivity index (χ0n) is 16.0. The molecule has 0 spiro atoms. The Bertz CT molecular complexity index is 948. The van der Waals surface area contributed by atoms with Crippen LogP contribution in [0, 0.1) is 12.7 Å². The fourth-order valence-corrected chi connectivity index (χ4v) is 3.62. The van der Waals surface area contributed by atoms with Crippen LogP contribution in [0.15, 0.2) is 36.4 Å². The van der Waals surface area contributed by atoms with Gasteiger partial charge >= 0.3 is 12.1 Å². The maximum Gasteiger partial charge on any atom is 0.410 e. The molecule has 0 aliphatic carbocycles. The van der Waals surface area contributed by atoms with E-state index in [0.29, 0.717) is 16.4 Å². The molecule has 0 saturated carbocycles. The summed E-state index contributed by atoms with van der Waals surface area (Å²) in [7, 11) is 1.55. The van der Waals surface area contributed by atoms with Crippen molar-refractivity contribution >= 4 is 35.1 Å². The molecule has 8 heteroatoms. The zero-order chi connectivity index (χ0) is 20.6. The minimum atomic E-state index is -0.909. The number of aryl methyl sites for hydroxylation is 1. The molecule has 28 heavy (non-hydrogen) atoms. The van der Waals surface area contributed by atoms with E-state index >= 15 is 0 Å². The van der Waals surface area contributed by atoms with Crippen LogP contribution in [0.25, 0.3) is 0 Å². The summed E-state index contributed by atoms with van der Waals surface area (Å²) in [5.41, 5.74) is 1.17. The number of nitrogens with zero attached hydrogens (tertiary/aromatic N) is 1. The Balaban J connectivity index is 1.81. The summed E-state index contributed by atoms with van der Waals surface area (Å²) in [4.78, 5) is 25.6. The Morgan fingerprint density at radius 3 is 2.54 bits per heavy atom. The van der Waals surface area contributed by atoms with Gasteiger partial charge in [-0.25, -0.2) is 14.0 Å². The molecule has 2 aromatic carbocycles. The van der Waals surface area contributed by atoms with Gasteiger partial charge < -0.3 is 20.3 Å². The second kappa shape index (κ2) is 7.31. The Hall–Kier alpha value is -2.80. The molecule has 0 radical (unpaired) electrons. The molecule has 3 rings (SSSR count). The van der Waals surface area contributed by atoms with Crippen LogP contribution in [0.3, 0.4) is 0 Å². The van der Waals surface area contributed by atoms with Crippen LogP contribution in [0.2, 0.25) is 5.02 Å². The maximum absolute atomic E-state index is 14.5. The van der Waals surface area contributed by atoms with Crippen LogP contribution in [0.1, 0.15) is 31.0 Å². The molecule has 6 nitrogen and oxygen atoms in total. The van der Waals surface area contributed by atoms with Gasteiger partial charge in [0.05, 0.1) is 0 Å². The van der Waals surface area contributed by atoms with E-state index in [4.69, 9.17) is 16.3 Å². The number of hydrogen-bond acceptors (Lipinski definition) is 3. The third-order valence-corrected chi connectivity index (χ3v) is 4.90. The predicted octanol–water partition coefficient (Wildman–Crippen LogP) is 5.33. The molecular formula is C20H21ClFN3O3. The summed E-state index contributed by atoms with van der Waals surface area (Å²) in [5, 5.41) is 5.99. The lowest BCUT2D eigenvalue weighted by molar-refractivity contribution is 0.0669. The van der Waals surface area contributed by atoms with Crippen LogP contribution in [0.4, 0.5) is 25.4 Å². The van der Waals surface area contributed by atoms with Crippen LogP contribution < -0.4 is 10.6 Å². The predicted molar refractivity (Wildman–Crippen MR) is 106 cm³/mol. The molecule has 1 unspecified atom stereocenters. The number of hydrogen-bond donors (Lipinski definition) is 2. The summed E-state index contributed by atoms with van der Waals surface area (Å²) in [5.74, 6) is -0.484. The highest BCUT2D eigenvalue weighted by Crippen LogP contribution is 2.41. The number of carbonyl (C=O) groups is 2. The second-order valence-electron chi connectivity index (χ2n) is 7.26. The standard InChI is InChI=1S/C20H21ClFN3O3/c1-11-9-12(21)5-8-16(11)24-18(26)23-13-6-7-15(22)14(10-13)17-20(2,3)28-19(27)25(17)4/h5-10,17H,1-4H3,(H2,23,24,26). The summed E-state index contributed by atoms with van der Waals surface area (Å²) < 4.78 is 19.8. The molecule has 1 saturated heterocycles. The van der Waals surface area contributed by atoms with Crippen molar-refractivity contribution in [3.63, 3.8) is 0 Å². The summed E-state index contributed by atoms with van der Waals surface area (Å²) in [6, 6.07) is 8.24. The summed E-state index contributed by atoms with van der Waals surface area (Å²) in [6.07, 6.45) is -0.524. The topological polar surface area (TPSA) is 70.7 Å². The highest BCUT2D eigenvalue weighted by molar-refractivity contribution is 6.30. The third kappa shape index (κ3) is 3.89. The third-order valence-electron chi connectivity index (χ3n) is 4.67. The Kier molecular flexibility index (Phi) is 5.21. The molecule has 1 atom stereocenters. The van der Waals surface area contributed by atoms with E-state index < -0.39 is 29.6 Å². The zero-order valence-corrected chi connectivity index (χ0v) is 16.7. The lowest BCUT2D eigenvalue weighted by Crippen LogP contribution is -2.32. The molecule has 0 aromatic heterocycles. The number of carbonyl (C=O) groups excluding carboxylic acids is 2. The van der Waals surface area contributed by atoms with Crippen LogP contribution in [0.5, 0.6) is 0 Å². The van der Waals surface area contributed by atoms with Crippen LogP contribution >= 0.6 is 11.6 Å². The average Bonchev–Trinajstić information content (AvgIpc) is 2.79. The van der Waals surface area contributed by atoms with Gasteiger partial charge in [0, 0.05) is 29.0 Å². The van der Waals surface area contributed by atoms with E-state index in [-0.39, 0.29) is 5.56 Å². The minimum Gasteiger partial charge on any atom is -0.441 e. The first-order chi connectivity index (χ1) is 13.1. The maximum atomic E-state index is 14.5. The van der Waals surface area contributed by atoms with E-state index in [2.05, 4.69) is 10.6 Å². The fraction of sp³-hybridized carbons (Fsp3) is 0.300. The number of amides is 3. The van der Waals surface area contributed by atoms with Gasteiger partial charge in [0.25, 0.3) is 0 Å². The van der Waals surface area contributed by atoms with Gasteiger partial charge in [-0.3, -0.25) is 0 Å². The second-order valence-corrected chi connectivity index (χ2v) is 7.70. The number of urea groups is 1. The molecule has 1 heterocycles. The van der Waals surface area contributed by atoms with Crippen molar-refractivity contribution < 1.29 is 18.7 Å². The van der Waals surface area contributed by atoms with Crippen LogP contribution in [-0.2, 0) is 4.74 Å². The molecule has 1 fully saturated rings. The summed E-state index contributed by atoms with van der Waals surface area (Å²) in [6.45, 7) is 5.26. The monoisotopic (exact) mass is 405 g/mol. The quantitative estimate of drug-likeness (QED) is 0.724. The molecule has 1 aliphatic rings. The molecule has 2 N–H and O–H groups in total. The highest BCUT2D eigenvalue weighted by atomic mass is 35.5. The van der Waals surface area contributed by atoms with E-state index in [1.54, 1.807) is 39.1 Å². The SMILES string of the molecule is Cc1cc(Cl)ccc1NC(=O)Nc1ccc(F)c(C2N(C)C(=O)OC2(C)C)c1. The Labute approximate surface area is 167 Å². The highest BCUT2D eigenvalue weighted by Gasteiger charge is 2.47. The van der Waals surface area contributed by atoms with Crippen molar-refractivity contribution in [3.8, 4) is 0 Å². The lowest BCUT2D eigenvalue weighted by atomic mass is 9.91. The number of benzene rings is 2. The van der Waals surface area contributed by atoms with E-state index in [9.17, 15) is 14.0 Å². The van der Waals surface area contributed by atoms with E-state index in [0.717, 1.165) is 5.56 Å². The molecule has 0 bridgehead atoms. The number of likely N-dealkylation sites (N-methyl/N-ethyl adjacent to an activating group) is 1. The normalized spacial score (nSPS) is 18.0. The first-order valence-corrected chi connectivity index (χ1v) is 9.05. The van der Waals surface area contributed by atoms with Gasteiger partial charge in [-0.2, -0.15) is 0 Å². The number of ether oxygens (including phenoxy) is 1. The molecule has 148 valence electrons. The smallest absolute Gasteiger partial charge is 0.410 e. The van der Waals surface area contributed by atoms with Gasteiger partial charge in [-0.1, -0.05) is 11.6 Å². The minimum absolute atomic E-state index is 0.263. The molecule has 2 aromatic rings. The van der Waals surface area contributed by atoms with Crippen molar-refractivity contribution in [2.24, 2.45) is 0 Å². The van der Waals surface area contributed by atoms with Crippen molar-refractivity contribution in [2.45, 2.75) is 32.4 Å².